The fraction of sp³-hybridized carbons (Fsp3) is 0.244. The molecule has 0 aliphatic carbocycles. The molecule has 0 unspecified atom stereocenters. The summed E-state index contributed by atoms with van der Waals surface area (Å²) >= 11 is 6.26. The summed E-state index contributed by atoms with van der Waals surface area (Å²) < 4.78 is 28.1. The van der Waals surface area contributed by atoms with Gasteiger partial charge in [0.15, 0.2) is 0 Å². The number of amides is 5. The number of methoxy groups -OCH3 is 3. The van der Waals surface area contributed by atoms with Gasteiger partial charge < -0.3 is 95.8 Å². The van der Waals surface area contributed by atoms with Crippen molar-refractivity contribution in [1.29, 1.82) is 0 Å². The summed E-state index contributed by atoms with van der Waals surface area (Å²) in [7, 11) is 4.83. The zero-order valence-corrected chi connectivity index (χ0v) is 62.0. The van der Waals surface area contributed by atoms with E-state index in [1.165, 1.54) is 24.4 Å². The molecule has 0 radical (unpaired) electrons. The number of aryl methyl sites for hydroxylation is 2. The van der Waals surface area contributed by atoms with E-state index >= 15 is 0 Å². The lowest BCUT2D eigenvalue weighted by Crippen LogP contribution is -2.49. The molecule has 109 heavy (non-hydrogen) atoms. The van der Waals surface area contributed by atoms with Gasteiger partial charge in [-0.05, 0) is 117 Å². The number of morpholine rings is 1. The van der Waals surface area contributed by atoms with Gasteiger partial charge in [0.2, 0.25) is 53.3 Å². The number of aliphatic hydroxyl groups excluding tert-OH is 1. The van der Waals surface area contributed by atoms with Gasteiger partial charge in [-0.3, -0.25) is 24.0 Å². The Morgan fingerprint density at radius 3 is 1.28 bits per heavy atom. The zero-order valence-electron chi connectivity index (χ0n) is 61.2. The Morgan fingerprint density at radius 2 is 0.872 bits per heavy atom. The van der Waals surface area contributed by atoms with Crippen molar-refractivity contribution < 1.29 is 52.8 Å². The van der Waals surface area contributed by atoms with Crippen molar-refractivity contribution in [2.45, 2.75) is 20.8 Å². The molecule has 0 bridgehead atoms. The Balaban J connectivity index is 0.000000174. The first kappa shape index (κ1) is 78.5. The van der Waals surface area contributed by atoms with Gasteiger partial charge in [0.25, 0.3) is 0 Å². The third kappa shape index (κ3) is 22.0. The van der Waals surface area contributed by atoms with E-state index in [1.54, 1.807) is 88.0 Å². The van der Waals surface area contributed by atoms with Crippen LogP contribution in [0.3, 0.4) is 0 Å². The van der Waals surface area contributed by atoms with Crippen LogP contribution in [0, 0.1) is 13.8 Å². The summed E-state index contributed by atoms with van der Waals surface area (Å²) in [6.07, 6.45) is 8.53. The van der Waals surface area contributed by atoms with Crippen molar-refractivity contribution in [3.8, 4) is 28.9 Å². The number of benzene rings is 6. The number of nitrogens with zero attached hydrogens (tertiary/aromatic N) is 11. The molecular weight excluding hydrogens is 1410 g/mol. The van der Waals surface area contributed by atoms with Gasteiger partial charge in [-0.25, -0.2) is 15.0 Å². The van der Waals surface area contributed by atoms with Gasteiger partial charge >= 0.3 is 0 Å². The molecule has 9 aromatic rings. The normalized spacial score (nSPS) is 13.1. The van der Waals surface area contributed by atoms with Gasteiger partial charge in [-0.1, -0.05) is 49.5 Å². The van der Waals surface area contributed by atoms with Crippen molar-refractivity contribution in [1.82, 2.24) is 39.7 Å². The fourth-order valence-electron chi connectivity index (χ4n) is 11.4. The van der Waals surface area contributed by atoms with E-state index in [0.717, 1.165) is 71.4 Å². The maximum Gasteiger partial charge on any atom is 0.248 e. The van der Waals surface area contributed by atoms with Crippen LogP contribution in [-0.4, -0.2) is 181 Å². The Morgan fingerprint density at radius 1 is 0.486 bits per heavy atom. The number of nitrogens with one attached hydrogen (secondary N) is 8. The smallest absolute Gasteiger partial charge is 0.248 e. The van der Waals surface area contributed by atoms with E-state index in [-0.39, 0.29) is 46.4 Å². The third-order valence-corrected chi connectivity index (χ3v) is 17.5. The van der Waals surface area contributed by atoms with Gasteiger partial charge in [0.1, 0.15) is 46.3 Å². The molecule has 9 N–H and O–H groups in total. The quantitative estimate of drug-likeness (QED) is 0.0240. The van der Waals surface area contributed by atoms with Crippen molar-refractivity contribution >= 4 is 133 Å². The van der Waals surface area contributed by atoms with Gasteiger partial charge in [-0.2, -0.15) is 15.0 Å². The monoisotopic (exact) mass is 1500 g/mol. The molecule has 6 heterocycles. The largest absolute Gasteiger partial charge is 0.494 e. The highest BCUT2D eigenvalue weighted by atomic mass is 35.5. The Labute approximate surface area is 636 Å². The van der Waals surface area contributed by atoms with Gasteiger partial charge in [0, 0.05) is 166 Å². The number of aliphatic hydroxyl groups is 1. The van der Waals surface area contributed by atoms with Crippen LogP contribution in [0.15, 0.2) is 184 Å². The van der Waals surface area contributed by atoms with E-state index in [2.05, 4.69) is 107 Å². The molecule has 31 heteroatoms. The SMILES string of the molecule is C=CC(=O)Nc1cccc(Nc2nc(Nc3ccc(N4CCN(C(=O)CO)CC4)cc3OC)ncc2C)c1.C=CC(=O)Nc1cccc(Nc2nc(Nc3ccc(N4CCN(C(C)=O)CC4)cc3OC)ncc2C)c1.C=CC(=O)Nc1cccc(Oc2nc(Nc3ccc(N4CCOCC4)cc3OC)ncc2Cl)c1. The van der Waals surface area contributed by atoms with Gasteiger partial charge in [-0.15, -0.1) is 0 Å². The van der Waals surface area contributed by atoms with Crippen LogP contribution in [0.4, 0.5) is 92.0 Å². The summed E-state index contributed by atoms with van der Waals surface area (Å²) in [5, 5.41) is 33.7. The standard InChI is InChI=1S/C27H31N7O4.C27H31N7O3.C24H24ClN5O4/c1-4-24(36)29-19-6-5-7-20(14-19)30-26-18(2)16-28-27(32-26)31-22-9-8-21(15-23(22)38-3)33-10-12-34(13-11-33)25(37)17-35;1-5-25(36)29-20-7-6-8-21(15-20)30-26-18(2)17-28-27(32-26)31-23-10-9-22(16-24(23)37-4)34-13-11-33(12-14-34)19(3)35;1-3-22(31)27-16-5-4-6-18(13-16)34-23-19(25)15-26-24(29-23)28-20-8-7-17(14-21(20)32-2)30-9-11-33-12-10-30/h4-9,14-16,35H,1,10-13,17H2,2-3H3,(H,29,36)(H2,28,30,31,32);5-10,15-17H,1,11-14H2,2-4H3,(H,29,36)(H2,28,30,31,32);3-8,13-15H,1,9-12H2,2H3,(H,27,31)(H,26,28,29). The molecule has 566 valence electrons. The Bertz CT molecular complexity index is 4740. The van der Waals surface area contributed by atoms with Crippen LogP contribution in [-0.2, 0) is 28.7 Å². The number of hydrogen-bond donors (Lipinski definition) is 9. The van der Waals surface area contributed by atoms with Crippen LogP contribution in [0.5, 0.6) is 28.9 Å². The van der Waals surface area contributed by atoms with E-state index in [1.807, 2.05) is 104 Å². The highest BCUT2D eigenvalue weighted by molar-refractivity contribution is 6.31. The number of halogens is 1. The molecule has 0 spiro atoms. The zero-order chi connectivity index (χ0) is 77.3. The number of piperazine rings is 2. The molecule has 3 aliphatic rings. The van der Waals surface area contributed by atoms with E-state index in [0.29, 0.717) is 127 Å². The Kier molecular flexibility index (Phi) is 27.6. The van der Waals surface area contributed by atoms with Gasteiger partial charge in [0.05, 0.1) is 57.8 Å². The minimum absolute atomic E-state index is 0.107. The summed E-state index contributed by atoms with van der Waals surface area (Å²) in [6.45, 7) is 23.8. The topological polar surface area (TPSA) is 342 Å². The molecular formula is C78H86ClN19O11. The maximum absolute atomic E-state index is 11.7. The van der Waals surface area contributed by atoms with Crippen molar-refractivity contribution in [2.24, 2.45) is 0 Å². The molecule has 3 fully saturated rings. The number of aromatic nitrogens is 6. The minimum Gasteiger partial charge on any atom is -0.494 e. The number of rotatable bonds is 25. The molecule has 12 rings (SSSR count). The first-order valence-electron chi connectivity index (χ1n) is 34.7. The molecule has 3 saturated heterocycles. The predicted molar refractivity (Wildman–Crippen MR) is 425 cm³/mol. The average molecular weight is 1500 g/mol. The fourth-order valence-corrected chi connectivity index (χ4v) is 11.5. The molecule has 5 amide bonds. The summed E-state index contributed by atoms with van der Waals surface area (Å²) in [5.74, 6) is 3.84. The number of carbonyl (C=O) groups is 5. The second-order valence-electron chi connectivity index (χ2n) is 24.6. The molecule has 30 nitrogen and oxygen atoms in total. The van der Waals surface area contributed by atoms with E-state index in [9.17, 15) is 24.0 Å². The number of ether oxygens (including phenoxy) is 5. The molecule has 3 aromatic heterocycles. The molecule has 6 aromatic carbocycles. The van der Waals surface area contributed by atoms with E-state index in [4.69, 9.17) is 40.4 Å². The summed E-state index contributed by atoms with van der Waals surface area (Å²) in [4.78, 5) is 95.1. The third-order valence-electron chi connectivity index (χ3n) is 17.2. The first-order valence-corrected chi connectivity index (χ1v) is 35.0. The van der Waals surface area contributed by atoms with Crippen molar-refractivity contribution in [2.75, 3.05) is 164 Å². The lowest BCUT2D eigenvalue weighted by Gasteiger charge is -2.36. The second kappa shape index (κ2) is 38.3. The first-order chi connectivity index (χ1) is 52.8. The van der Waals surface area contributed by atoms with Crippen LogP contribution in [0.1, 0.15) is 18.1 Å². The molecule has 0 saturated carbocycles. The van der Waals surface area contributed by atoms with Crippen molar-refractivity contribution in [3.63, 3.8) is 0 Å². The lowest BCUT2D eigenvalue weighted by molar-refractivity contribution is -0.134. The van der Waals surface area contributed by atoms with Crippen molar-refractivity contribution in [3.05, 3.63) is 200 Å². The minimum atomic E-state index is -0.465. The second-order valence-corrected chi connectivity index (χ2v) is 25.0. The van der Waals surface area contributed by atoms with Crippen LogP contribution in [0.2, 0.25) is 5.02 Å². The summed E-state index contributed by atoms with van der Waals surface area (Å²) in [5.41, 5.74) is 10.2. The maximum atomic E-state index is 11.7. The van der Waals surface area contributed by atoms with Crippen LogP contribution in [0.25, 0.3) is 0 Å². The number of hydrogen-bond acceptors (Lipinski definition) is 25. The van der Waals surface area contributed by atoms with Crippen LogP contribution < -0.4 is 76.2 Å². The highest BCUT2D eigenvalue weighted by Crippen LogP contribution is 2.37. The predicted octanol–water partition coefficient (Wildman–Crippen LogP) is 11.8. The number of carbonyl (C=O) groups excluding carboxylic acids is 5. The Hall–Kier alpha value is -13.1. The molecule has 3 aliphatic heterocycles. The average Bonchev–Trinajstić information content (AvgIpc) is 0.830. The lowest BCUT2D eigenvalue weighted by atomic mass is 10.2. The molecule has 0 atom stereocenters. The number of anilines is 16. The van der Waals surface area contributed by atoms with E-state index < -0.39 is 6.61 Å². The summed E-state index contributed by atoms with van der Waals surface area (Å²) in [6, 6.07) is 39.1. The highest BCUT2D eigenvalue weighted by Gasteiger charge is 2.24. The van der Waals surface area contributed by atoms with Crippen LogP contribution >= 0.6 is 11.6 Å².